The van der Waals surface area contributed by atoms with Crippen LogP contribution in [0.2, 0.25) is 0 Å². The van der Waals surface area contributed by atoms with E-state index in [2.05, 4.69) is 4.98 Å². The van der Waals surface area contributed by atoms with Gasteiger partial charge in [0.05, 0.1) is 17.7 Å². The number of rotatable bonds is 5. The smallest absolute Gasteiger partial charge is 0.266 e. The molecule has 0 aliphatic heterocycles. The van der Waals surface area contributed by atoms with Gasteiger partial charge in [0.1, 0.15) is 5.82 Å². The molecule has 1 heterocycles. The second-order valence-corrected chi connectivity index (χ2v) is 5.92. The largest absolute Gasteiger partial charge is 0.296 e. The second-order valence-electron chi connectivity index (χ2n) is 4.31. The zero-order valence-corrected chi connectivity index (χ0v) is 11.7. The van der Waals surface area contributed by atoms with E-state index in [-0.39, 0.29) is 11.5 Å². The molecule has 0 bridgehead atoms. The van der Waals surface area contributed by atoms with Gasteiger partial charge in [-0.15, -0.1) is 0 Å². The van der Waals surface area contributed by atoms with Gasteiger partial charge in [-0.05, 0) is 31.2 Å². The van der Waals surface area contributed by atoms with E-state index in [1.165, 1.54) is 24.3 Å². The van der Waals surface area contributed by atoms with E-state index in [9.17, 15) is 12.8 Å². The number of halogens is 1. The Hall–Kier alpha value is -1.79. The molecule has 0 aliphatic carbocycles. The van der Waals surface area contributed by atoms with Crippen molar-refractivity contribution in [2.24, 2.45) is 0 Å². The van der Waals surface area contributed by atoms with E-state index in [1.807, 2.05) is 6.92 Å². The van der Waals surface area contributed by atoms with Crippen molar-refractivity contribution in [1.82, 2.24) is 4.98 Å². The van der Waals surface area contributed by atoms with Gasteiger partial charge >= 0.3 is 0 Å². The molecular weight excluding hydrogens is 281 g/mol. The molecule has 0 unspecified atom stereocenters. The van der Waals surface area contributed by atoms with Gasteiger partial charge in [0.15, 0.2) is 0 Å². The summed E-state index contributed by atoms with van der Waals surface area (Å²) < 4.78 is 41.4. The fraction of sp³-hybridized carbons (Fsp3) is 0.214. The van der Waals surface area contributed by atoms with Gasteiger partial charge in [-0.2, -0.15) is 8.42 Å². The molecule has 2 rings (SSSR count). The zero-order valence-electron chi connectivity index (χ0n) is 10.9. The van der Waals surface area contributed by atoms with E-state index in [0.29, 0.717) is 12.1 Å². The van der Waals surface area contributed by atoms with E-state index >= 15 is 0 Å². The first-order valence-corrected chi connectivity index (χ1v) is 7.45. The summed E-state index contributed by atoms with van der Waals surface area (Å²) in [4.78, 5) is 3.95. The standard InChI is InChI=1S/C14H14FNO3S/c1-11-2-6-14(7-3-11)20(17,18)19-9-8-13-5-4-12(15)10-16-13/h2-7,10H,8-9H2,1H3. The second kappa shape index (κ2) is 6.11. The van der Waals surface area contributed by atoms with Gasteiger partial charge in [0.2, 0.25) is 0 Å². The molecule has 0 amide bonds. The highest BCUT2D eigenvalue weighted by Gasteiger charge is 2.14. The lowest BCUT2D eigenvalue weighted by molar-refractivity contribution is 0.320. The van der Waals surface area contributed by atoms with Gasteiger partial charge < -0.3 is 0 Å². The Bertz CT molecular complexity index is 667. The van der Waals surface area contributed by atoms with Crippen LogP contribution >= 0.6 is 0 Å². The Morgan fingerprint density at radius 1 is 1.15 bits per heavy atom. The van der Waals surface area contributed by atoms with Crippen LogP contribution in [0.4, 0.5) is 4.39 Å². The Kier molecular flexibility index (Phi) is 4.46. The molecule has 0 saturated heterocycles. The number of benzene rings is 1. The Labute approximate surface area is 117 Å². The number of aryl methyl sites for hydroxylation is 1. The Morgan fingerprint density at radius 3 is 2.45 bits per heavy atom. The number of hydrogen-bond donors (Lipinski definition) is 0. The lowest BCUT2D eigenvalue weighted by Crippen LogP contribution is -2.09. The summed E-state index contributed by atoms with van der Waals surface area (Å²) in [6, 6.07) is 9.19. The van der Waals surface area contributed by atoms with Crippen LogP contribution in [0.3, 0.4) is 0 Å². The Morgan fingerprint density at radius 2 is 1.85 bits per heavy atom. The maximum absolute atomic E-state index is 12.7. The maximum Gasteiger partial charge on any atom is 0.296 e. The van der Waals surface area contributed by atoms with Gasteiger partial charge in [0, 0.05) is 12.1 Å². The van der Waals surface area contributed by atoms with Crippen LogP contribution in [0.5, 0.6) is 0 Å². The number of pyridine rings is 1. The summed E-state index contributed by atoms with van der Waals surface area (Å²) in [7, 11) is -3.76. The highest BCUT2D eigenvalue weighted by molar-refractivity contribution is 7.86. The van der Waals surface area contributed by atoms with Crippen molar-refractivity contribution in [3.63, 3.8) is 0 Å². The van der Waals surface area contributed by atoms with Crippen LogP contribution in [-0.2, 0) is 20.7 Å². The summed E-state index contributed by atoms with van der Waals surface area (Å²) in [6.07, 6.45) is 1.38. The summed E-state index contributed by atoms with van der Waals surface area (Å²) in [5.74, 6) is -0.429. The average Bonchev–Trinajstić information content (AvgIpc) is 2.41. The monoisotopic (exact) mass is 295 g/mol. The molecule has 106 valence electrons. The number of hydrogen-bond acceptors (Lipinski definition) is 4. The average molecular weight is 295 g/mol. The topological polar surface area (TPSA) is 56.3 Å². The van der Waals surface area contributed by atoms with Crippen molar-refractivity contribution >= 4 is 10.1 Å². The fourth-order valence-electron chi connectivity index (χ4n) is 1.58. The van der Waals surface area contributed by atoms with Crippen molar-refractivity contribution in [1.29, 1.82) is 0 Å². The molecule has 6 heteroatoms. The molecule has 4 nitrogen and oxygen atoms in total. The zero-order chi connectivity index (χ0) is 14.6. The minimum atomic E-state index is -3.76. The van der Waals surface area contributed by atoms with Crippen LogP contribution < -0.4 is 0 Å². The van der Waals surface area contributed by atoms with Gasteiger partial charge in [0.25, 0.3) is 10.1 Å². The minimum absolute atomic E-state index is 0.0329. The normalized spacial score (nSPS) is 11.5. The summed E-state index contributed by atoms with van der Waals surface area (Å²) in [5.41, 5.74) is 1.55. The SMILES string of the molecule is Cc1ccc(S(=O)(=O)OCCc2ccc(F)cn2)cc1. The molecular formula is C14H14FNO3S. The van der Waals surface area contributed by atoms with Crippen molar-refractivity contribution < 1.29 is 17.0 Å². The highest BCUT2D eigenvalue weighted by Crippen LogP contribution is 2.13. The lowest BCUT2D eigenvalue weighted by atomic mass is 10.2. The van der Waals surface area contributed by atoms with Crippen molar-refractivity contribution in [2.75, 3.05) is 6.61 Å². The van der Waals surface area contributed by atoms with Crippen LogP contribution in [0.15, 0.2) is 47.5 Å². The lowest BCUT2D eigenvalue weighted by Gasteiger charge is -2.05. The van der Waals surface area contributed by atoms with Gasteiger partial charge in [-0.1, -0.05) is 17.7 Å². The maximum atomic E-state index is 12.7. The molecule has 0 N–H and O–H groups in total. The van der Waals surface area contributed by atoms with E-state index in [4.69, 9.17) is 4.18 Å². The third-order valence-electron chi connectivity index (χ3n) is 2.69. The molecule has 0 saturated carbocycles. The van der Waals surface area contributed by atoms with E-state index in [1.54, 1.807) is 12.1 Å². The highest BCUT2D eigenvalue weighted by atomic mass is 32.2. The predicted octanol–water partition coefficient (Wildman–Crippen LogP) is 2.48. The molecule has 0 atom stereocenters. The van der Waals surface area contributed by atoms with E-state index in [0.717, 1.165) is 11.8 Å². The number of aromatic nitrogens is 1. The van der Waals surface area contributed by atoms with E-state index < -0.39 is 15.9 Å². The molecule has 1 aromatic carbocycles. The summed E-state index contributed by atoms with van der Waals surface area (Å²) in [5, 5.41) is 0. The third-order valence-corrected chi connectivity index (χ3v) is 4.02. The molecule has 0 spiro atoms. The van der Waals surface area contributed by atoms with Gasteiger partial charge in [-0.3, -0.25) is 9.17 Å². The molecule has 2 aromatic rings. The Balaban J connectivity index is 1.96. The molecule has 20 heavy (non-hydrogen) atoms. The third kappa shape index (κ3) is 3.85. The van der Waals surface area contributed by atoms with Crippen LogP contribution in [0.25, 0.3) is 0 Å². The van der Waals surface area contributed by atoms with Crippen LogP contribution in [-0.4, -0.2) is 20.0 Å². The first kappa shape index (κ1) is 14.6. The molecule has 0 radical (unpaired) electrons. The van der Waals surface area contributed by atoms with Crippen LogP contribution in [0.1, 0.15) is 11.3 Å². The van der Waals surface area contributed by atoms with Gasteiger partial charge in [-0.25, -0.2) is 4.39 Å². The van der Waals surface area contributed by atoms with Crippen LogP contribution in [0, 0.1) is 12.7 Å². The fourth-order valence-corrected chi connectivity index (χ4v) is 2.49. The summed E-state index contributed by atoms with van der Waals surface area (Å²) >= 11 is 0. The quantitative estimate of drug-likeness (QED) is 0.795. The molecule has 0 fully saturated rings. The predicted molar refractivity (Wildman–Crippen MR) is 72.2 cm³/mol. The van der Waals surface area contributed by atoms with Crippen molar-refractivity contribution in [2.45, 2.75) is 18.2 Å². The first-order valence-electron chi connectivity index (χ1n) is 6.04. The van der Waals surface area contributed by atoms with Crippen molar-refractivity contribution in [3.8, 4) is 0 Å². The van der Waals surface area contributed by atoms with Crippen molar-refractivity contribution in [3.05, 3.63) is 59.7 Å². The molecule has 0 aliphatic rings. The minimum Gasteiger partial charge on any atom is -0.266 e. The molecule has 1 aromatic heterocycles. The number of nitrogens with zero attached hydrogens (tertiary/aromatic N) is 1. The first-order chi connectivity index (χ1) is 9.47. The summed E-state index contributed by atoms with van der Waals surface area (Å²) in [6.45, 7) is 1.84.